The van der Waals surface area contributed by atoms with Gasteiger partial charge < -0.3 is 9.47 Å². The Hall–Kier alpha value is -1.30. The first-order valence-corrected chi connectivity index (χ1v) is 9.15. The number of piperidine rings is 1. The minimum atomic E-state index is 0.177. The molecule has 3 aliphatic heterocycles. The lowest BCUT2D eigenvalue weighted by atomic mass is 9.65. The Kier molecular flexibility index (Phi) is 4.66. The molecule has 2 saturated heterocycles. The predicted molar refractivity (Wildman–Crippen MR) is 91.6 cm³/mol. The second kappa shape index (κ2) is 6.90. The fourth-order valence-corrected chi connectivity index (χ4v) is 4.77. The zero-order valence-corrected chi connectivity index (χ0v) is 14.5. The maximum atomic E-state index is 5.98. The molecular weight excluding hydrogens is 302 g/mol. The summed E-state index contributed by atoms with van der Waals surface area (Å²) in [6.45, 7) is 7.44. The molecule has 0 bridgehead atoms. The second-order valence-corrected chi connectivity index (χ2v) is 7.23. The summed E-state index contributed by atoms with van der Waals surface area (Å²) in [6, 6.07) is 0.547. The molecule has 0 N–H and O–H groups in total. The molecule has 4 heterocycles. The van der Waals surface area contributed by atoms with Gasteiger partial charge in [0.1, 0.15) is 0 Å². The maximum Gasteiger partial charge on any atom is 0.0756 e. The Morgan fingerprint density at radius 1 is 1.25 bits per heavy atom. The zero-order chi connectivity index (χ0) is 16.4. The number of rotatable bonds is 3. The SMILES string of the molecule is Cc1nccnc1CN1CCC[C@@]2(C3=CCOCC3)COCC[C@H]12. The van der Waals surface area contributed by atoms with E-state index in [2.05, 4.69) is 27.9 Å². The number of hydrogen-bond acceptors (Lipinski definition) is 5. The zero-order valence-electron chi connectivity index (χ0n) is 14.5. The van der Waals surface area contributed by atoms with E-state index in [1.54, 1.807) is 11.8 Å². The topological polar surface area (TPSA) is 47.5 Å². The van der Waals surface area contributed by atoms with E-state index in [0.717, 1.165) is 63.7 Å². The van der Waals surface area contributed by atoms with Crippen LogP contribution in [-0.2, 0) is 16.0 Å². The van der Waals surface area contributed by atoms with Crippen molar-refractivity contribution in [3.05, 3.63) is 35.4 Å². The van der Waals surface area contributed by atoms with E-state index in [0.29, 0.717) is 6.04 Å². The summed E-state index contributed by atoms with van der Waals surface area (Å²) in [4.78, 5) is 11.6. The maximum absolute atomic E-state index is 5.98. The Labute approximate surface area is 144 Å². The third-order valence-corrected chi connectivity index (χ3v) is 5.98. The number of nitrogens with zero attached hydrogens (tertiary/aromatic N) is 3. The number of likely N-dealkylation sites (tertiary alicyclic amines) is 1. The van der Waals surface area contributed by atoms with Gasteiger partial charge in [0.2, 0.25) is 0 Å². The van der Waals surface area contributed by atoms with Crippen molar-refractivity contribution >= 4 is 0 Å². The largest absolute Gasteiger partial charge is 0.380 e. The first-order chi connectivity index (χ1) is 11.8. The molecule has 0 unspecified atom stereocenters. The van der Waals surface area contributed by atoms with Gasteiger partial charge in [0, 0.05) is 37.0 Å². The van der Waals surface area contributed by atoms with Crippen LogP contribution in [0.15, 0.2) is 24.0 Å². The molecule has 3 aliphatic rings. The molecule has 0 aliphatic carbocycles. The highest BCUT2D eigenvalue weighted by Crippen LogP contribution is 2.48. The van der Waals surface area contributed by atoms with E-state index in [-0.39, 0.29) is 5.41 Å². The van der Waals surface area contributed by atoms with Gasteiger partial charge in [-0.15, -0.1) is 0 Å². The molecule has 2 atom stereocenters. The van der Waals surface area contributed by atoms with Gasteiger partial charge in [-0.1, -0.05) is 11.6 Å². The van der Waals surface area contributed by atoms with E-state index in [1.807, 2.05) is 6.20 Å². The van der Waals surface area contributed by atoms with Gasteiger partial charge in [0.15, 0.2) is 0 Å². The van der Waals surface area contributed by atoms with Crippen LogP contribution in [0.1, 0.15) is 37.1 Å². The number of fused-ring (bicyclic) bond motifs is 1. The van der Waals surface area contributed by atoms with Crippen molar-refractivity contribution in [1.29, 1.82) is 0 Å². The summed E-state index contributed by atoms with van der Waals surface area (Å²) < 4.78 is 11.5. The van der Waals surface area contributed by atoms with Gasteiger partial charge >= 0.3 is 0 Å². The van der Waals surface area contributed by atoms with Crippen molar-refractivity contribution in [2.75, 3.05) is 33.0 Å². The summed E-state index contributed by atoms with van der Waals surface area (Å²) >= 11 is 0. The summed E-state index contributed by atoms with van der Waals surface area (Å²) in [5.74, 6) is 0. The van der Waals surface area contributed by atoms with E-state index in [1.165, 1.54) is 12.8 Å². The number of ether oxygens (including phenoxy) is 2. The molecule has 130 valence electrons. The van der Waals surface area contributed by atoms with E-state index < -0.39 is 0 Å². The van der Waals surface area contributed by atoms with Crippen LogP contribution in [0.5, 0.6) is 0 Å². The Morgan fingerprint density at radius 3 is 3.00 bits per heavy atom. The number of aryl methyl sites for hydroxylation is 1. The van der Waals surface area contributed by atoms with Crippen LogP contribution >= 0.6 is 0 Å². The van der Waals surface area contributed by atoms with Gasteiger partial charge in [-0.3, -0.25) is 14.9 Å². The lowest BCUT2D eigenvalue weighted by Gasteiger charge is -2.54. The van der Waals surface area contributed by atoms with Crippen LogP contribution < -0.4 is 0 Å². The fraction of sp³-hybridized carbons (Fsp3) is 0.684. The summed E-state index contributed by atoms with van der Waals surface area (Å²) in [5, 5.41) is 0. The molecule has 24 heavy (non-hydrogen) atoms. The molecule has 1 aromatic heterocycles. The monoisotopic (exact) mass is 329 g/mol. The molecule has 4 rings (SSSR count). The first kappa shape index (κ1) is 16.2. The van der Waals surface area contributed by atoms with E-state index in [4.69, 9.17) is 9.47 Å². The standard InChI is InChI=1S/C19H27N3O2/c1-15-17(21-8-7-20-15)13-22-9-2-6-19(14-24-12-5-18(19)22)16-3-10-23-11-4-16/h3,7-8,18H,2,4-6,9-14H2,1H3/t18-,19-/m0/s1. The quantitative estimate of drug-likeness (QED) is 0.798. The minimum Gasteiger partial charge on any atom is -0.380 e. The molecule has 1 aromatic rings. The number of aromatic nitrogens is 2. The number of hydrogen-bond donors (Lipinski definition) is 0. The van der Waals surface area contributed by atoms with Crippen LogP contribution in [0.3, 0.4) is 0 Å². The fourth-order valence-electron chi connectivity index (χ4n) is 4.77. The lowest BCUT2D eigenvalue weighted by Crippen LogP contribution is -2.58. The van der Waals surface area contributed by atoms with Gasteiger partial charge in [-0.2, -0.15) is 0 Å². The molecule has 0 saturated carbocycles. The highest BCUT2D eigenvalue weighted by Gasteiger charge is 2.49. The van der Waals surface area contributed by atoms with Crippen molar-refractivity contribution in [1.82, 2.24) is 14.9 Å². The normalized spacial score (nSPS) is 31.4. The van der Waals surface area contributed by atoms with Crippen molar-refractivity contribution in [3.63, 3.8) is 0 Å². The van der Waals surface area contributed by atoms with Crippen molar-refractivity contribution in [2.45, 2.75) is 45.2 Å². The smallest absolute Gasteiger partial charge is 0.0756 e. The Balaban J connectivity index is 1.62. The van der Waals surface area contributed by atoms with Gasteiger partial charge in [0.25, 0.3) is 0 Å². The average Bonchev–Trinajstić information content (AvgIpc) is 2.64. The van der Waals surface area contributed by atoms with Crippen molar-refractivity contribution in [3.8, 4) is 0 Å². The molecular formula is C19H27N3O2. The molecule has 2 fully saturated rings. The molecule has 5 nitrogen and oxygen atoms in total. The third-order valence-electron chi connectivity index (χ3n) is 5.98. The Morgan fingerprint density at radius 2 is 2.17 bits per heavy atom. The first-order valence-electron chi connectivity index (χ1n) is 9.15. The average molecular weight is 329 g/mol. The van der Waals surface area contributed by atoms with Crippen molar-refractivity contribution in [2.24, 2.45) is 5.41 Å². The summed E-state index contributed by atoms with van der Waals surface area (Å²) in [5.41, 5.74) is 3.90. The van der Waals surface area contributed by atoms with Crippen LogP contribution in [-0.4, -0.2) is 53.9 Å². The van der Waals surface area contributed by atoms with Gasteiger partial charge in [0.05, 0.1) is 31.2 Å². The van der Waals surface area contributed by atoms with E-state index >= 15 is 0 Å². The highest BCUT2D eigenvalue weighted by atomic mass is 16.5. The Bertz CT molecular complexity index is 614. The van der Waals surface area contributed by atoms with Gasteiger partial charge in [-0.25, -0.2) is 0 Å². The third kappa shape index (κ3) is 2.89. The highest BCUT2D eigenvalue weighted by molar-refractivity contribution is 5.23. The molecule has 0 amide bonds. The molecule has 0 spiro atoms. The van der Waals surface area contributed by atoms with Crippen molar-refractivity contribution < 1.29 is 9.47 Å². The molecule has 5 heteroatoms. The van der Waals surface area contributed by atoms with Crippen LogP contribution in [0, 0.1) is 12.3 Å². The van der Waals surface area contributed by atoms with Crippen LogP contribution in [0.25, 0.3) is 0 Å². The van der Waals surface area contributed by atoms with Crippen LogP contribution in [0.2, 0.25) is 0 Å². The van der Waals surface area contributed by atoms with Gasteiger partial charge in [-0.05, 0) is 39.2 Å². The predicted octanol–water partition coefficient (Wildman–Crippen LogP) is 2.50. The molecule has 0 aromatic carbocycles. The molecule has 0 radical (unpaired) electrons. The van der Waals surface area contributed by atoms with E-state index in [9.17, 15) is 0 Å². The lowest BCUT2D eigenvalue weighted by molar-refractivity contribution is -0.0877. The minimum absolute atomic E-state index is 0.177. The second-order valence-electron chi connectivity index (χ2n) is 7.23. The summed E-state index contributed by atoms with van der Waals surface area (Å²) in [7, 11) is 0. The summed E-state index contributed by atoms with van der Waals surface area (Å²) in [6.07, 6.45) is 10.5. The van der Waals surface area contributed by atoms with Crippen LogP contribution in [0.4, 0.5) is 0 Å².